The fourth-order valence-corrected chi connectivity index (χ4v) is 4.70. The fraction of sp³-hybridized carbons (Fsp3) is 0.312. The van der Waals surface area contributed by atoms with Crippen LogP contribution >= 0.6 is 0 Å². The standard InChI is InChI=1S/C32H35N7O7/c1-3-4-5-8-19-46-32(44)35-30(42)22-10-13-24(14-11-22)39(36-45)21-28-34-25-20-23(12-15-26(25)37(28)2)31(43)38(18-16-29(40)41)27-9-6-7-17-33-27/h6-7,9-15,17,20H,3-5,8,16,18-19,21H2,1-2H3,(H,40,41)(H,35,42,44). The maximum Gasteiger partial charge on any atom is 0.414 e. The molecule has 0 aliphatic carbocycles. The van der Waals surface area contributed by atoms with Crippen molar-refractivity contribution in [1.82, 2.24) is 19.9 Å². The summed E-state index contributed by atoms with van der Waals surface area (Å²) in [4.78, 5) is 71.0. The minimum absolute atomic E-state index is 0.0213. The van der Waals surface area contributed by atoms with E-state index in [0.29, 0.717) is 28.4 Å². The van der Waals surface area contributed by atoms with Crippen LogP contribution < -0.4 is 15.2 Å². The average molecular weight is 630 g/mol. The molecule has 0 atom stereocenters. The third kappa shape index (κ3) is 8.49. The second-order valence-corrected chi connectivity index (χ2v) is 10.4. The lowest BCUT2D eigenvalue weighted by atomic mass is 10.1. The first kappa shape index (κ1) is 33.2. The van der Waals surface area contributed by atoms with E-state index in [-0.39, 0.29) is 37.2 Å². The normalized spacial score (nSPS) is 10.7. The molecule has 240 valence electrons. The number of aryl methyl sites for hydroxylation is 1. The highest BCUT2D eigenvalue weighted by molar-refractivity contribution is 6.07. The molecule has 3 amide bonds. The monoisotopic (exact) mass is 629 g/mol. The van der Waals surface area contributed by atoms with E-state index >= 15 is 0 Å². The topological polar surface area (TPSA) is 176 Å². The molecule has 2 heterocycles. The summed E-state index contributed by atoms with van der Waals surface area (Å²) in [6.45, 7) is 2.22. The SMILES string of the molecule is CCCCCCOC(=O)NC(=O)c1ccc(N(Cc2nc3cc(C(=O)N(CCC(=O)O)c4ccccn4)ccc3n2C)N=O)cc1. The van der Waals surface area contributed by atoms with Gasteiger partial charge in [-0.05, 0) is 61.0 Å². The zero-order valence-electron chi connectivity index (χ0n) is 25.6. The van der Waals surface area contributed by atoms with Crippen molar-refractivity contribution in [2.75, 3.05) is 23.1 Å². The molecule has 0 saturated carbocycles. The highest BCUT2D eigenvalue weighted by atomic mass is 16.5. The van der Waals surface area contributed by atoms with Crippen LogP contribution in [-0.2, 0) is 23.1 Å². The van der Waals surface area contributed by atoms with Gasteiger partial charge in [0, 0.05) is 30.9 Å². The highest BCUT2D eigenvalue weighted by Gasteiger charge is 2.22. The van der Waals surface area contributed by atoms with Gasteiger partial charge in [0.05, 0.1) is 35.0 Å². The molecule has 14 nitrogen and oxygen atoms in total. The minimum atomic E-state index is -1.04. The number of nitroso groups, excluding NO2 is 1. The van der Waals surface area contributed by atoms with Crippen molar-refractivity contribution in [3.05, 3.63) is 88.7 Å². The van der Waals surface area contributed by atoms with Crippen molar-refractivity contribution in [3.8, 4) is 0 Å². The Hall–Kier alpha value is -5.66. The molecule has 2 aromatic carbocycles. The third-order valence-electron chi connectivity index (χ3n) is 7.20. The summed E-state index contributed by atoms with van der Waals surface area (Å²) in [7, 11) is 1.76. The van der Waals surface area contributed by atoms with Crippen molar-refractivity contribution >= 4 is 46.4 Å². The molecule has 0 fully saturated rings. The lowest BCUT2D eigenvalue weighted by Crippen LogP contribution is -2.33. The van der Waals surface area contributed by atoms with E-state index in [0.717, 1.165) is 30.7 Å². The number of benzene rings is 2. The fourth-order valence-electron chi connectivity index (χ4n) is 4.70. The van der Waals surface area contributed by atoms with E-state index in [9.17, 15) is 29.2 Å². The van der Waals surface area contributed by atoms with Crippen LogP contribution in [0.1, 0.15) is 65.6 Å². The first-order valence-electron chi connectivity index (χ1n) is 14.8. The number of nitrogens with zero attached hydrogens (tertiary/aromatic N) is 6. The molecule has 46 heavy (non-hydrogen) atoms. The van der Waals surface area contributed by atoms with Crippen LogP contribution in [0.15, 0.2) is 72.1 Å². The number of pyridine rings is 1. The number of hydrogen-bond acceptors (Lipinski definition) is 9. The van der Waals surface area contributed by atoms with Crippen molar-refractivity contribution in [2.45, 2.75) is 45.6 Å². The molecule has 0 aliphatic rings. The van der Waals surface area contributed by atoms with Gasteiger partial charge in [0.1, 0.15) is 18.2 Å². The molecule has 0 radical (unpaired) electrons. The Labute approximate surface area is 264 Å². The Balaban J connectivity index is 1.45. The van der Waals surface area contributed by atoms with Crippen LogP contribution in [0.5, 0.6) is 0 Å². The number of carbonyl (C=O) groups excluding carboxylic acids is 3. The van der Waals surface area contributed by atoms with Gasteiger partial charge in [-0.1, -0.05) is 32.3 Å². The molecule has 4 rings (SSSR count). The maximum absolute atomic E-state index is 13.5. The molecule has 14 heteroatoms. The molecule has 0 bridgehead atoms. The van der Waals surface area contributed by atoms with Gasteiger partial charge in [-0.3, -0.25) is 24.6 Å². The molecular formula is C32H35N7O7. The number of nitrogens with one attached hydrogen (secondary N) is 1. The number of carboxylic acids is 1. The Bertz CT molecular complexity index is 1690. The van der Waals surface area contributed by atoms with E-state index in [1.807, 2.05) is 0 Å². The number of fused-ring (bicyclic) bond motifs is 1. The Kier molecular flexibility index (Phi) is 11.5. The summed E-state index contributed by atoms with van der Waals surface area (Å²) < 4.78 is 6.81. The molecule has 0 aliphatic heterocycles. The van der Waals surface area contributed by atoms with Crippen LogP contribution in [0.3, 0.4) is 0 Å². The second kappa shape index (κ2) is 15.9. The van der Waals surface area contributed by atoms with Gasteiger partial charge in [0.15, 0.2) is 0 Å². The maximum atomic E-state index is 13.5. The number of alkyl carbamates (subject to hydrolysis) is 1. The number of hydrogen-bond donors (Lipinski definition) is 2. The summed E-state index contributed by atoms with van der Waals surface area (Å²) in [5.41, 5.74) is 2.04. The average Bonchev–Trinajstić information content (AvgIpc) is 3.37. The second-order valence-electron chi connectivity index (χ2n) is 10.4. The number of rotatable bonds is 15. The Morgan fingerprint density at radius 1 is 1.00 bits per heavy atom. The van der Waals surface area contributed by atoms with Crippen LogP contribution in [0.25, 0.3) is 11.0 Å². The van der Waals surface area contributed by atoms with Crippen LogP contribution in [-0.4, -0.2) is 56.7 Å². The van der Waals surface area contributed by atoms with Gasteiger partial charge in [-0.25, -0.2) is 19.8 Å². The Morgan fingerprint density at radius 2 is 1.76 bits per heavy atom. The summed E-state index contributed by atoms with van der Waals surface area (Å²) in [6, 6.07) is 15.9. The van der Waals surface area contributed by atoms with Gasteiger partial charge in [0.25, 0.3) is 11.8 Å². The van der Waals surface area contributed by atoms with Crippen LogP contribution in [0, 0.1) is 4.91 Å². The summed E-state index contributed by atoms with van der Waals surface area (Å²) in [5.74, 6) is -1.33. The van der Waals surface area contributed by atoms with Crippen molar-refractivity contribution < 1.29 is 29.0 Å². The van der Waals surface area contributed by atoms with Gasteiger partial charge in [-0.2, -0.15) is 0 Å². The predicted molar refractivity (Wildman–Crippen MR) is 170 cm³/mol. The first-order valence-corrected chi connectivity index (χ1v) is 14.8. The van der Waals surface area contributed by atoms with Crippen LogP contribution in [0.4, 0.5) is 16.3 Å². The summed E-state index contributed by atoms with van der Waals surface area (Å²) in [5, 5.41) is 15.7. The summed E-state index contributed by atoms with van der Waals surface area (Å²) >= 11 is 0. The third-order valence-corrected chi connectivity index (χ3v) is 7.20. The van der Waals surface area contributed by atoms with Gasteiger partial charge in [-0.15, -0.1) is 4.91 Å². The van der Waals surface area contributed by atoms with E-state index in [4.69, 9.17) is 4.74 Å². The number of carboxylic acid groups (broad SMARTS) is 1. The molecule has 0 saturated heterocycles. The molecule has 2 N–H and O–H groups in total. The number of aliphatic carboxylic acids is 1. The number of ether oxygens (including phenoxy) is 1. The number of aromatic nitrogens is 3. The summed E-state index contributed by atoms with van der Waals surface area (Å²) in [6.07, 6.45) is 4.21. The zero-order chi connectivity index (χ0) is 33.1. The smallest absolute Gasteiger partial charge is 0.414 e. The van der Waals surface area contributed by atoms with Gasteiger partial charge < -0.3 is 14.4 Å². The van der Waals surface area contributed by atoms with Crippen molar-refractivity contribution in [1.29, 1.82) is 0 Å². The quantitative estimate of drug-likeness (QED) is 0.101. The Morgan fingerprint density at radius 3 is 2.43 bits per heavy atom. The first-order chi connectivity index (χ1) is 22.2. The number of imidazole rings is 1. The molecule has 0 spiro atoms. The molecular weight excluding hydrogens is 594 g/mol. The minimum Gasteiger partial charge on any atom is -0.481 e. The zero-order valence-corrected chi connectivity index (χ0v) is 25.6. The van der Waals surface area contributed by atoms with Gasteiger partial charge >= 0.3 is 12.1 Å². The number of unbranched alkanes of at least 4 members (excludes halogenated alkanes) is 3. The van der Waals surface area contributed by atoms with Crippen molar-refractivity contribution in [2.24, 2.45) is 12.3 Å². The van der Waals surface area contributed by atoms with E-state index < -0.39 is 23.9 Å². The number of amides is 3. The number of anilines is 2. The van der Waals surface area contributed by atoms with E-state index in [1.165, 1.54) is 35.4 Å². The highest BCUT2D eigenvalue weighted by Crippen LogP contribution is 2.23. The van der Waals surface area contributed by atoms with Gasteiger partial charge in [0.2, 0.25) is 0 Å². The lowest BCUT2D eigenvalue weighted by Gasteiger charge is -2.21. The van der Waals surface area contributed by atoms with Crippen LogP contribution in [0.2, 0.25) is 0 Å². The van der Waals surface area contributed by atoms with E-state index in [1.54, 1.807) is 48.0 Å². The lowest BCUT2D eigenvalue weighted by molar-refractivity contribution is -0.136. The number of imide groups is 1. The largest absolute Gasteiger partial charge is 0.481 e. The molecule has 2 aromatic heterocycles. The molecule has 4 aromatic rings. The van der Waals surface area contributed by atoms with Crippen molar-refractivity contribution in [3.63, 3.8) is 0 Å². The number of carbonyl (C=O) groups is 4. The molecule has 0 unspecified atom stereocenters. The van der Waals surface area contributed by atoms with E-state index in [2.05, 4.69) is 27.5 Å². The predicted octanol–water partition coefficient (Wildman–Crippen LogP) is 5.22.